The number of nitrogens with zero attached hydrogens (tertiary/aromatic N) is 1. The SMILES string of the molecule is CCCc1csc(NC(=O)NCC2(O)CCCC2)n1. The quantitative estimate of drug-likeness (QED) is 0.777. The third-order valence-corrected chi connectivity index (χ3v) is 4.20. The summed E-state index contributed by atoms with van der Waals surface area (Å²) in [5, 5.41) is 18.1. The molecule has 5 nitrogen and oxygen atoms in total. The van der Waals surface area contributed by atoms with Crippen LogP contribution in [0.4, 0.5) is 9.93 Å². The molecule has 0 aromatic carbocycles. The molecule has 1 aromatic rings. The predicted molar refractivity (Wildman–Crippen MR) is 76.5 cm³/mol. The van der Waals surface area contributed by atoms with Gasteiger partial charge in [0.25, 0.3) is 0 Å². The van der Waals surface area contributed by atoms with Gasteiger partial charge in [-0.05, 0) is 19.3 Å². The van der Waals surface area contributed by atoms with E-state index >= 15 is 0 Å². The number of aryl methyl sites for hydroxylation is 1. The van der Waals surface area contributed by atoms with Crippen LogP contribution in [0.2, 0.25) is 0 Å². The zero-order valence-corrected chi connectivity index (χ0v) is 12.1. The summed E-state index contributed by atoms with van der Waals surface area (Å²) in [5.74, 6) is 0. The summed E-state index contributed by atoms with van der Waals surface area (Å²) in [6.07, 6.45) is 5.58. The van der Waals surface area contributed by atoms with Crippen molar-refractivity contribution in [2.45, 2.75) is 51.0 Å². The van der Waals surface area contributed by atoms with Crippen LogP contribution in [-0.4, -0.2) is 28.3 Å². The second-order valence-corrected chi connectivity index (χ2v) is 5.99. The minimum Gasteiger partial charge on any atom is -0.388 e. The van der Waals surface area contributed by atoms with Crippen LogP contribution in [0, 0.1) is 0 Å². The first kappa shape index (κ1) is 14.3. The van der Waals surface area contributed by atoms with Crippen molar-refractivity contribution in [3.05, 3.63) is 11.1 Å². The third-order valence-electron chi connectivity index (χ3n) is 3.39. The molecule has 1 saturated carbocycles. The van der Waals surface area contributed by atoms with Crippen molar-refractivity contribution in [2.75, 3.05) is 11.9 Å². The summed E-state index contributed by atoms with van der Waals surface area (Å²) in [6.45, 7) is 2.41. The number of aromatic nitrogens is 1. The summed E-state index contributed by atoms with van der Waals surface area (Å²) in [4.78, 5) is 16.0. The second kappa shape index (κ2) is 6.34. The molecule has 0 saturated heterocycles. The molecule has 106 valence electrons. The van der Waals surface area contributed by atoms with Gasteiger partial charge < -0.3 is 10.4 Å². The smallest absolute Gasteiger partial charge is 0.321 e. The summed E-state index contributed by atoms with van der Waals surface area (Å²) in [5.41, 5.74) is 0.297. The number of amides is 2. The summed E-state index contributed by atoms with van der Waals surface area (Å²) >= 11 is 1.43. The van der Waals surface area contributed by atoms with Crippen LogP contribution in [-0.2, 0) is 6.42 Å². The van der Waals surface area contributed by atoms with Crippen LogP contribution in [0.25, 0.3) is 0 Å². The molecule has 1 aromatic heterocycles. The van der Waals surface area contributed by atoms with Crippen LogP contribution < -0.4 is 10.6 Å². The molecule has 0 unspecified atom stereocenters. The topological polar surface area (TPSA) is 74.2 Å². The molecular formula is C13H21N3O2S. The van der Waals surface area contributed by atoms with Gasteiger partial charge in [-0.2, -0.15) is 0 Å². The first-order valence-electron chi connectivity index (χ1n) is 6.83. The monoisotopic (exact) mass is 283 g/mol. The van der Waals surface area contributed by atoms with E-state index in [1.165, 1.54) is 11.3 Å². The molecular weight excluding hydrogens is 262 g/mol. The van der Waals surface area contributed by atoms with E-state index in [0.29, 0.717) is 11.7 Å². The molecule has 6 heteroatoms. The lowest BCUT2D eigenvalue weighted by molar-refractivity contribution is 0.0506. The Morgan fingerprint density at radius 3 is 2.95 bits per heavy atom. The third kappa shape index (κ3) is 4.18. The van der Waals surface area contributed by atoms with E-state index in [4.69, 9.17) is 0 Å². The van der Waals surface area contributed by atoms with Crippen LogP contribution in [0.5, 0.6) is 0 Å². The van der Waals surface area contributed by atoms with Gasteiger partial charge in [-0.3, -0.25) is 5.32 Å². The van der Waals surface area contributed by atoms with Crippen molar-refractivity contribution >= 4 is 22.5 Å². The van der Waals surface area contributed by atoms with E-state index < -0.39 is 5.60 Å². The molecule has 0 bridgehead atoms. The standard InChI is InChI=1S/C13H21N3O2S/c1-2-5-10-8-19-12(15-10)16-11(17)14-9-13(18)6-3-4-7-13/h8,18H,2-7,9H2,1H3,(H2,14,15,16,17). The fourth-order valence-electron chi connectivity index (χ4n) is 2.33. The Morgan fingerprint density at radius 2 is 2.26 bits per heavy atom. The van der Waals surface area contributed by atoms with Gasteiger partial charge in [0.1, 0.15) is 0 Å². The molecule has 1 fully saturated rings. The van der Waals surface area contributed by atoms with Crippen molar-refractivity contribution in [1.82, 2.24) is 10.3 Å². The molecule has 0 aliphatic heterocycles. The number of hydrogen-bond donors (Lipinski definition) is 3. The maximum absolute atomic E-state index is 11.7. The Labute approximate surface area is 117 Å². The first-order valence-corrected chi connectivity index (χ1v) is 7.71. The summed E-state index contributed by atoms with van der Waals surface area (Å²) in [6, 6.07) is -0.294. The molecule has 2 rings (SSSR count). The maximum Gasteiger partial charge on any atom is 0.321 e. The van der Waals surface area contributed by atoms with E-state index in [0.717, 1.165) is 44.2 Å². The van der Waals surface area contributed by atoms with Crippen molar-refractivity contribution in [3.8, 4) is 0 Å². The molecule has 1 heterocycles. The van der Waals surface area contributed by atoms with Gasteiger partial charge >= 0.3 is 6.03 Å². The molecule has 0 radical (unpaired) electrons. The van der Waals surface area contributed by atoms with Gasteiger partial charge in [0, 0.05) is 11.9 Å². The van der Waals surface area contributed by atoms with Crippen molar-refractivity contribution in [3.63, 3.8) is 0 Å². The van der Waals surface area contributed by atoms with E-state index in [2.05, 4.69) is 22.5 Å². The molecule has 3 N–H and O–H groups in total. The molecule has 2 amide bonds. The number of carbonyl (C=O) groups is 1. The minimum atomic E-state index is -0.715. The number of aliphatic hydroxyl groups is 1. The van der Waals surface area contributed by atoms with Crippen LogP contribution in [0.1, 0.15) is 44.7 Å². The highest BCUT2D eigenvalue weighted by atomic mass is 32.1. The zero-order chi connectivity index (χ0) is 13.7. The van der Waals surface area contributed by atoms with Gasteiger partial charge in [0.2, 0.25) is 0 Å². The number of carbonyl (C=O) groups excluding carboxylic acids is 1. The Morgan fingerprint density at radius 1 is 1.53 bits per heavy atom. The minimum absolute atomic E-state index is 0.294. The van der Waals surface area contributed by atoms with Crippen molar-refractivity contribution in [2.24, 2.45) is 0 Å². The lowest BCUT2D eigenvalue weighted by Crippen LogP contribution is -2.42. The van der Waals surface area contributed by atoms with Gasteiger partial charge in [0.05, 0.1) is 11.3 Å². The van der Waals surface area contributed by atoms with Crippen LogP contribution in [0.15, 0.2) is 5.38 Å². The van der Waals surface area contributed by atoms with Gasteiger partial charge in [-0.1, -0.05) is 26.2 Å². The van der Waals surface area contributed by atoms with E-state index in [1.807, 2.05) is 5.38 Å². The molecule has 1 aliphatic rings. The number of nitrogens with one attached hydrogen (secondary N) is 2. The second-order valence-electron chi connectivity index (χ2n) is 5.13. The lowest BCUT2D eigenvalue weighted by Gasteiger charge is -2.22. The number of anilines is 1. The highest BCUT2D eigenvalue weighted by molar-refractivity contribution is 7.13. The molecule has 19 heavy (non-hydrogen) atoms. The predicted octanol–water partition coefficient (Wildman–Crippen LogP) is 2.52. The zero-order valence-electron chi connectivity index (χ0n) is 11.2. The van der Waals surface area contributed by atoms with Crippen LogP contribution >= 0.6 is 11.3 Å². The Hall–Kier alpha value is -1.14. The normalized spacial score (nSPS) is 17.4. The number of hydrogen-bond acceptors (Lipinski definition) is 4. The van der Waals surface area contributed by atoms with E-state index in [9.17, 15) is 9.90 Å². The average molecular weight is 283 g/mol. The van der Waals surface area contributed by atoms with E-state index in [-0.39, 0.29) is 6.03 Å². The van der Waals surface area contributed by atoms with Crippen molar-refractivity contribution in [1.29, 1.82) is 0 Å². The number of rotatable bonds is 5. The maximum atomic E-state index is 11.7. The fraction of sp³-hybridized carbons (Fsp3) is 0.692. The fourth-order valence-corrected chi connectivity index (χ4v) is 3.07. The highest BCUT2D eigenvalue weighted by Crippen LogP contribution is 2.28. The average Bonchev–Trinajstić information content (AvgIpc) is 2.98. The Bertz CT molecular complexity index is 427. The van der Waals surface area contributed by atoms with Gasteiger partial charge in [-0.25, -0.2) is 9.78 Å². The molecule has 0 atom stereocenters. The molecule has 0 spiro atoms. The Balaban J connectivity index is 1.77. The highest BCUT2D eigenvalue weighted by Gasteiger charge is 2.31. The first-order chi connectivity index (χ1) is 9.11. The van der Waals surface area contributed by atoms with Crippen LogP contribution in [0.3, 0.4) is 0 Å². The summed E-state index contributed by atoms with van der Waals surface area (Å²) in [7, 11) is 0. The Kier molecular flexibility index (Phi) is 4.76. The van der Waals surface area contributed by atoms with Gasteiger partial charge in [0.15, 0.2) is 5.13 Å². The molecule has 1 aliphatic carbocycles. The lowest BCUT2D eigenvalue weighted by atomic mass is 10.0. The number of thiazole rings is 1. The largest absolute Gasteiger partial charge is 0.388 e. The van der Waals surface area contributed by atoms with E-state index in [1.54, 1.807) is 0 Å². The van der Waals surface area contributed by atoms with Crippen molar-refractivity contribution < 1.29 is 9.90 Å². The number of urea groups is 1. The van der Waals surface area contributed by atoms with Gasteiger partial charge in [-0.15, -0.1) is 11.3 Å². The summed E-state index contributed by atoms with van der Waals surface area (Å²) < 4.78 is 0.